The van der Waals surface area contributed by atoms with Gasteiger partial charge < -0.3 is 10.2 Å². The Balaban J connectivity index is 1.46. The Labute approximate surface area is 161 Å². The SMILES string of the molecule is O=C(Nc1n[nH]c2c1CN(C(=O)Cc1ccccc1)CC2)c1ccc(F)cc1. The highest BCUT2D eigenvalue weighted by molar-refractivity contribution is 6.04. The molecule has 0 fully saturated rings. The molecule has 7 heteroatoms. The van der Waals surface area contributed by atoms with Crippen molar-refractivity contribution in [2.75, 3.05) is 11.9 Å². The van der Waals surface area contributed by atoms with Crippen molar-refractivity contribution < 1.29 is 14.0 Å². The number of hydrogen-bond donors (Lipinski definition) is 2. The van der Waals surface area contributed by atoms with Gasteiger partial charge in [0.2, 0.25) is 5.91 Å². The van der Waals surface area contributed by atoms with Crippen molar-refractivity contribution in [2.24, 2.45) is 0 Å². The number of carbonyl (C=O) groups is 2. The Morgan fingerprint density at radius 1 is 1.11 bits per heavy atom. The number of H-pyrrole nitrogens is 1. The number of carbonyl (C=O) groups excluding carboxylic acids is 2. The summed E-state index contributed by atoms with van der Waals surface area (Å²) in [6.07, 6.45) is 0.987. The first-order valence-corrected chi connectivity index (χ1v) is 9.05. The molecule has 2 amide bonds. The second-order valence-electron chi connectivity index (χ2n) is 6.72. The molecule has 4 rings (SSSR count). The predicted octanol–water partition coefficient (Wildman–Crippen LogP) is 2.93. The Bertz CT molecular complexity index is 999. The number of aromatic amines is 1. The fourth-order valence-corrected chi connectivity index (χ4v) is 3.27. The molecule has 1 aliphatic heterocycles. The van der Waals surface area contributed by atoms with Crippen molar-refractivity contribution in [3.05, 3.63) is 82.8 Å². The van der Waals surface area contributed by atoms with Gasteiger partial charge in [-0.25, -0.2) is 4.39 Å². The maximum atomic E-state index is 13.0. The number of nitrogens with zero attached hydrogens (tertiary/aromatic N) is 2. The lowest BCUT2D eigenvalue weighted by atomic mass is 10.1. The van der Waals surface area contributed by atoms with E-state index in [4.69, 9.17) is 0 Å². The van der Waals surface area contributed by atoms with Crippen LogP contribution >= 0.6 is 0 Å². The van der Waals surface area contributed by atoms with E-state index in [0.29, 0.717) is 37.3 Å². The summed E-state index contributed by atoms with van der Waals surface area (Å²) in [4.78, 5) is 26.8. The monoisotopic (exact) mass is 378 g/mol. The Kier molecular flexibility index (Phi) is 4.89. The molecule has 28 heavy (non-hydrogen) atoms. The van der Waals surface area contributed by atoms with Crippen molar-refractivity contribution in [3.63, 3.8) is 0 Å². The standard InChI is InChI=1S/C21H19FN4O2/c22-16-8-6-15(7-9-16)21(28)23-20-17-13-26(11-10-18(17)24-25-20)19(27)12-14-4-2-1-3-5-14/h1-9H,10-13H2,(H2,23,24,25,28). The molecule has 0 bridgehead atoms. The third-order valence-corrected chi connectivity index (χ3v) is 4.82. The van der Waals surface area contributed by atoms with Crippen molar-refractivity contribution in [2.45, 2.75) is 19.4 Å². The van der Waals surface area contributed by atoms with Crippen LogP contribution in [-0.4, -0.2) is 33.5 Å². The van der Waals surface area contributed by atoms with Crippen LogP contribution in [0.15, 0.2) is 54.6 Å². The van der Waals surface area contributed by atoms with Gasteiger partial charge in [-0.05, 0) is 29.8 Å². The van der Waals surface area contributed by atoms with E-state index in [0.717, 1.165) is 16.8 Å². The Morgan fingerprint density at radius 3 is 2.61 bits per heavy atom. The third kappa shape index (κ3) is 3.78. The van der Waals surface area contributed by atoms with Crippen LogP contribution in [0.4, 0.5) is 10.2 Å². The number of halogens is 1. The van der Waals surface area contributed by atoms with Gasteiger partial charge in [0.25, 0.3) is 5.91 Å². The lowest BCUT2D eigenvalue weighted by molar-refractivity contribution is -0.131. The molecule has 1 aromatic heterocycles. The van der Waals surface area contributed by atoms with E-state index in [1.807, 2.05) is 30.3 Å². The van der Waals surface area contributed by atoms with Crippen molar-refractivity contribution in [3.8, 4) is 0 Å². The summed E-state index contributed by atoms with van der Waals surface area (Å²) < 4.78 is 13.0. The largest absolute Gasteiger partial charge is 0.337 e. The second-order valence-corrected chi connectivity index (χ2v) is 6.72. The zero-order chi connectivity index (χ0) is 19.5. The number of rotatable bonds is 4. The summed E-state index contributed by atoms with van der Waals surface area (Å²) >= 11 is 0. The molecule has 0 unspecified atom stereocenters. The average molecular weight is 378 g/mol. The van der Waals surface area contributed by atoms with Gasteiger partial charge in [-0.15, -0.1) is 0 Å². The first-order valence-electron chi connectivity index (χ1n) is 9.05. The fourth-order valence-electron chi connectivity index (χ4n) is 3.27. The van der Waals surface area contributed by atoms with E-state index in [2.05, 4.69) is 15.5 Å². The van der Waals surface area contributed by atoms with Crippen LogP contribution < -0.4 is 5.32 Å². The van der Waals surface area contributed by atoms with Crippen molar-refractivity contribution >= 4 is 17.6 Å². The molecule has 3 aromatic rings. The zero-order valence-corrected chi connectivity index (χ0v) is 15.1. The number of nitrogens with one attached hydrogen (secondary N) is 2. The van der Waals surface area contributed by atoms with Crippen LogP contribution in [0.25, 0.3) is 0 Å². The molecule has 6 nitrogen and oxygen atoms in total. The molecule has 0 atom stereocenters. The van der Waals surface area contributed by atoms with Crippen molar-refractivity contribution in [1.82, 2.24) is 15.1 Å². The minimum atomic E-state index is -0.402. The summed E-state index contributed by atoms with van der Waals surface area (Å²) in [6.45, 7) is 0.989. The first kappa shape index (κ1) is 17.9. The minimum absolute atomic E-state index is 0.0360. The van der Waals surface area contributed by atoms with E-state index >= 15 is 0 Å². The molecule has 2 aromatic carbocycles. The van der Waals surface area contributed by atoms with Gasteiger partial charge in [0, 0.05) is 29.8 Å². The quantitative estimate of drug-likeness (QED) is 0.733. The smallest absolute Gasteiger partial charge is 0.256 e. The van der Waals surface area contributed by atoms with Gasteiger partial charge >= 0.3 is 0 Å². The summed E-state index contributed by atoms with van der Waals surface area (Å²) in [5.74, 6) is -0.335. The number of fused-ring (bicyclic) bond motifs is 1. The highest BCUT2D eigenvalue weighted by Gasteiger charge is 2.26. The normalized spacial score (nSPS) is 13.1. The Hall–Kier alpha value is -3.48. The van der Waals surface area contributed by atoms with Gasteiger partial charge in [0.05, 0.1) is 13.0 Å². The Morgan fingerprint density at radius 2 is 1.86 bits per heavy atom. The van der Waals surface area contributed by atoms with E-state index in [9.17, 15) is 14.0 Å². The number of anilines is 1. The number of benzene rings is 2. The number of amides is 2. The van der Waals surface area contributed by atoms with Crippen LogP contribution in [0.3, 0.4) is 0 Å². The molecular formula is C21H19FN4O2. The van der Waals surface area contributed by atoms with Gasteiger partial charge in [0.15, 0.2) is 5.82 Å². The summed E-state index contributed by atoms with van der Waals surface area (Å²) in [5.41, 5.74) is 3.03. The maximum absolute atomic E-state index is 13.0. The van der Waals surface area contributed by atoms with Crippen LogP contribution in [0.2, 0.25) is 0 Å². The third-order valence-electron chi connectivity index (χ3n) is 4.82. The highest BCUT2D eigenvalue weighted by Crippen LogP contribution is 2.25. The lowest BCUT2D eigenvalue weighted by Crippen LogP contribution is -2.37. The van der Waals surface area contributed by atoms with Gasteiger partial charge in [-0.2, -0.15) is 5.10 Å². The molecule has 0 saturated carbocycles. The predicted molar refractivity (Wildman–Crippen MR) is 102 cm³/mol. The molecule has 1 aliphatic rings. The number of aromatic nitrogens is 2. The van der Waals surface area contributed by atoms with Crippen LogP contribution in [0, 0.1) is 5.82 Å². The van der Waals surface area contributed by atoms with E-state index < -0.39 is 5.82 Å². The maximum Gasteiger partial charge on any atom is 0.256 e. The molecule has 0 aliphatic carbocycles. The van der Waals surface area contributed by atoms with E-state index in [1.54, 1.807) is 4.90 Å². The summed E-state index contributed by atoms with van der Waals surface area (Å²) in [5, 5.41) is 9.88. The fraction of sp³-hybridized carbons (Fsp3) is 0.190. The van der Waals surface area contributed by atoms with Crippen LogP contribution in [0.1, 0.15) is 27.2 Å². The van der Waals surface area contributed by atoms with Crippen LogP contribution in [0.5, 0.6) is 0 Å². The highest BCUT2D eigenvalue weighted by atomic mass is 19.1. The van der Waals surface area contributed by atoms with Crippen molar-refractivity contribution in [1.29, 1.82) is 0 Å². The molecule has 142 valence electrons. The van der Waals surface area contributed by atoms with Gasteiger partial charge in [-0.1, -0.05) is 30.3 Å². The van der Waals surface area contributed by atoms with Crippen LogP contribution in [-0.2, 0) is 24.2 Å². The molecule has 0 saturated heterocycles. The molecule has 0 radical (unpaired) electrons. The molecule has 0 spiro atoms. The second kappa shape index (κ2) is 7.64. The minimum Gasteiger partial charge on any atom is -0.337 e. The molecule has 2 N–H and O–H groups in total. The van der Waals surface area contributed by atoms with Gasteiger partial charge in [0.1, 0.15) is 5.82 Å². The molecular weight excluding hydrogens is 359 g/mol. The number of hydrogen-bond acceptors (Lipinski definition) is 3. The topological polar surface area (TPSA) is 78.1 Å². The summed E-state index contributed by atoms with van der Waals surface area (Å²) in [6, 6.07) is 14.9. The zero-order valence-electron chi connectivity index (χ0n) is 15.1. The lowest BCUT2D eigenvalue weighted by Gasteiger charge is -2.27. The van der Waals surface area contributed by atoms with E-state index in [1.165, 1.54) is 24.3 Å². The first-order chi connectivity index (χ1) is 13.6. The molecule has 2 heterocycles. The summed E-state index contributed by atoms with van der Waals surface area (Å²) in [7, 11) is 0. The van der Waals surface area contributed by atoms with Gasteiger partial charge in [-0.3, -0.25) is 14.7 Å². The average Bonchev–Trinajstić information content (AvgIpc) is 3.11. The van der Waals surface area contributed by atoms with E-state index in [-0.39, 0.29) is 11.8 Å².